The largest absolute Gasteiger partial charge is 0.480 e. The lowest BCUT2D eigenvalue weighted by atomic mass is 10.3. The van der Waals surface area contributed by atoms with E-state index in [9.17, 15) is 4.79 Å². The van der Waals surface area contributed by atoms with E-state index < -0.39 is 12.0 Å². The van der Waals surface area contributed by atoms with Gasteiger partial charge in [-0.15, -0.1) is 0 Å². The average molecular weight is 183 g/mol. The van der Waals surface area contributed by atoms with Crippen LogP contribution in [0, 0.1) is 13.8 Å². The Morgan fingerprint density at radius 2 is 2.15 bits per heavy atom. The Balaban J connectivity index is 3.15. The quantitative estimate of drug-likeness (QED) is 0.708. The zero-order valence-corrected chi connectivity index (χ0v) is 7.90. The molecule has 0 radical (unpaired) electrons. The molecule has 1 aromatic heterocycles. The fraction of sp³-hybridized carbons (Fsp3) is 0.500. The molecule has 0 aliphatic heterocycles. The predicted octanol–water partition coefficient (Wildman–Crippen LogP) is 0.728. The van der Waals surface area contributed by atoms with Crippen molar-refractivity contribution in [3.8, 4) is 0 Å². The van der Waals surface area contributed by atoms with Gasteiger partial charge in [0.2, 0.25) is 0 Å². The van der Waals surface area contributed by atoms with Crippen molar-refractivity contribution >= 4 is 11.7 Å². The molecular weight excluding hydrogens is 170 g/mol. The Kier molecular flexibility index (Phi) is 2.27. The molecule has 5 nitrogen and oxygen atoms in total. The molecule has 0 amide bonds. The SMILES string of the molecule is Cc1nn([C@H](C)C(=O)O)c(C)c1N. The number of carboxylic acid groups (broad SMARTS) is 1. The Labute approximate surface area is 76.2 Å². The van der Waals surface area contributed by atoms with E-state index >= 15 is 0 Å². The Morgan fingerprint density at radius 3 is 2.46 bits per heavy atom. The van der Waals surface area contributed by atoms with E-state index in [4.69, 9.17) is 10.8 Å². The van der Waals surface area contributed by atoms with Gasteiger partial charge in [-0.1, -0.05) is 0 Å². The van der Waals surface area contributed by atoms with Crippen molar-refractivity contribution in [1.29, 1.82) is 0 Å². The first-order valence-corrected chi connectivity index (χ1v) is 3.99. The van der Waals surface area contributed by atoms with E-state index in [1.165, 1.54) is 4.68 Å². The second kappa shape index (κ2) is 3.08. The van der Waals surface area contributed by atoms with Crippen LogP contribution in [0.4, 0.5) is 5.69 Å². The minimum atomic E-state index is -0.911. The van der Waals surface area contributed by atoms with Crippen LogP contribution in [0.1, 0.15) is 24.4 Å². The van der Waals surface area contributed by atoms with Gasteiger partial charge in [0.05, 0.1) is 17.1 Å². The van der Waals surface area contributed by atoms with Crippen LogP contribution >= 0.6 is 0 Å². The van der Waals surface area contributed by atoms with Gasteiger partial charge >= 0.3 is 5.97 Å². The van der Waals surface area contributed by atoms with Crippen molar-refractivity contribution < 1.29 is 9.90 Å². The molecule has 0 saturated carbocycles. The highest BCUT2D eigenvalue weighted by atomic mass is 16.4. The van der Waals surface area contributed by atoms with Gasteiger partial charge in [0, 0.05) is 0 Å². The van der Waals surface area contributed by atoms with E-state index in [0.717, 1.165) is 0 Å². The van der Waals surface area contributed by atoms with Crippen LogP contribution in [0.3, 0.4) is 0 Å². The van der Waals surface area contributed by atoms with Gasteiger partial charge in [-0.05, 0) is 20.8 Å². The molecule has 1 heterocycles. The first-order chi connectivity index (χ1) is 5.95. The Hall–Kier alpha value is -1.52. The molecule has 1 rings (SSSR count). The van der Waals surface area contributed by atoms with Crippen LogP contribution < -0.4 is 5.73 Å². The molecule has 72 valence electrons. The summed E-state index contributed by atoms with van der Waals surface area (Å²) in [5, 5.41) is 12.8. The number of nitrogen functional groups attached to an aromatic ring is 1. The monoisotopic (exact) mass is 183 g/mol. The molecule has 13 heavy (non-hydrogen) atoms. The van der Waals surface area contributed by atoms with Crippen molar-refractivity contribution in [2.24, 2.45) is 0 Å². The normalized spacial score (nSPS) is 12.8. The second-order valence-corrected chi connectivity index (χ2v) is 3.04. The average Bonchev–Trinajstić information content (AvgIpc) is 2.31. The number of nitrogens with zero attached hydrogens (tertiary/aromatic N) is 2. The molecule has 0 unspecified atom stereocenters. The minimum Gasteiger partial charge on any atom is -0.480 e. The smallest absolute Gasteiger partial charge is 0.328 e. The fourth-order valence-electron chi connectivity index (χ4n) is 1.16. The summed E-state index contributed by atoms with van der Waals surface area (Å²) in [4.78, 5) is 10.7. The van der Waals surface area contributed by atoms with Crippen LogP contribution in [0.5, 0.6) is 0 Å². The Bertz CT molecular complexity index is 343. The standard InChI is InChI=1S/C8H13N3O2/c1-4-7(9)5(2)11(10-4)6(3)8(12)13/h6H,9H2,1-3H3,(H,12,13)/t6-/m1/s1. The molecule has 0 aliphatic carbocycles. The lowest BCUT2D eigenvalue weighted by Crippen LogP contribution is -2.18. The minimum absolute atomic E-state index is 0.563. The third-order valence-electron chi connectivity index (χ3n) is 2.11. The van der Waals surface area contributed by atoms with E-state index in [2.05, 4.69) is 5.10 Å². The number of aromatic nitrogens is 2. The van der Waals surface area contributed by atoms with Gasteiger partial charge in [0.15, 0.2) is 0 Å². The molecule has 1 aromatic rings. The highest BCUT2D eigenvalue weighted by molar-refractivity contribution is 5.71. The van der Waals surface area contributed by atoms with Crippen LogP contribution in [-0.4, -0.2) is 20.9 Å². The number of aryl methyl sites for hydroxylation is 1. The van der Waals surface area contributed by atoms with E-state index in [0.29, 0.717) is 17.1 Å². The van der Waals surface area contributed by atoms with Gasteiger partial charge in [-0.25, -0.2) is 4.79 Å². The third-order valence-corrected chi connectivity index (χ3v) is 2.11. The van der Waals surface area contributed by atoms with Crippen LogP contribution in [0.15, 0.2) is 0 Å². The maximum atomic E-state index is 10.7. The number of rotatable bonds is 2. The lowest BCUT2D eigenvalue weighted by Gasteiger charge is -2.08. The zero-order valence-electron chi connectivity index (χ0n) is 7.90. The van der Waals surface area contributed by atoms with Gasteiger partial charge in [0.1, 0.15) is 6.04 Å². The summed E-state index contributed by atoms with van der Waals surface area (Å²) < 4.78 is 1.42. The van der Waals surface area contributed by atoms with Crippen molar-refractivity contribution in [3.05, 3.63) is 11.4 Å². The van der Waals surface area contributed by atoms with E-state index in [-0.39, 0.29) is 0 Å². The summed E-state index contributed by atoms with van der Waals surface area (Å²) >= 11 is 0. The van der Waals surface area contributed by atoms with Crippen molar-refractivity contribution in [2.45, 2.75) is 26.8 Å². The van der Waals surface area contributed by atoms with E-state index in [1.807, 2.05) is 0 Å². The summed E-state index contributed by atoms with van der Waals surface area (Å²) in [6, 6.07) is -0.670. The maximum absolute atomic E-state index is 10.7. The second-order valence-electron chi connectivity index (χ2n) is 3.04. The van der Waals surface area contributed by atoms with Crippen molar-refractivity contribution in [2.75, 3.05) is 5.73 Å². The summed E-state index contributed by atoms with van der Waals surface area (Å²) in [6.45, 7) is 5.09. The first kappa shape index (κ1) is 9.57. The van der Waals surface area contributed by atoms with Gasteiger partial charge in [-0.2, -0.15) is 5.10 Å². The molecule has 0 aromatic carbocycles. The molecule has 1 atom stereocenters. The summed E-state index contributed by atoms with van der Waals surface area (Å²) in [7, 11) is 0. The number of aliphatic carboxylic acids is 1. The third kappa shape index (κ3) is 1.49. The maximum Gasteiger partial charge on any atom is 0.328 e. The van der Waals surface area contributed by atoms with Gasteiger partial charge in [-0.3, -0.25) is 4.68 Å². The van der Waals surface area contributed by atoms with Crippen molar-refractivity contribution in [3.63, 3.8) is 0 Å². The predicted molar refractivity (Wildman–Crippen MR) is 48.5 cm³/mol. The summed E-state index contributed by atoms with van der Waals surface area (Å²) in [5.41, 5.74) is 7.60. The first-order valence-electron chi connectivity index (χ1n) is 3.99. The number of hydrogen-bond donors (Lipinski definition) is 2. The number of carbonyl (C=O) groups is 1. The number of hydrogen-bond acceptors (Lipinski definition) is 3. The zero-order chi connectivity index (χ0) is 10.2. The highest BCUT2D eigenvalue weighted by Gasteiger charge is 2.18. The van der Waals surface area contributed by atoms with Crippen LogP contribution in [0.25, 0.3) is 0 Å². The summed E-state index contributed by atoms with van der Waals surface area (Å²) in [5.74, 6) is -0.911. The number of nitrogens with two attached hydrogens (primary N) is 1. The summed E-state index contributed by atoms with van der Waals surface area (Å²) in [6.07, 6.45) is 0. The highest BCUT2D eigenvalue weighted by Crippen LogP contribution is 2.18. The molecule has 0 saturated heterocycles. The number of anilines is 1. The Morgan fingerprint density at radius 1 is 1.62 bits per heavy atom. The number of carboxylic acids is 1. The molecule has 0 fully saturated rings. The van der Waals surface area contributed by atoms with Gasteiger partial charge in [0.25, 0.3) is 0 Å². The fourth-order valence-corrected chi connectivity index (χ4v) is 1.16. The van der Waals surface area contributed by atoms with Crippen molar-refractivity contribution in [1.82, 2.24) is 9.78 Å². The topological polar surface area (TPSA) is 81.1 Å². The lowest BCUT2D eigenvalue weighted by molar-refractivity contribution is -0.140. The molecule has 3 N–H and O–H groups in total. The van der Waals surface area contributed by atoms with Gasteiger partial charge < -0.3 is 10.8 Å². The van der Waals surface area contributed by atoms with Crippen LogP contribution in [-0.2, 0) is 4.79 Å². The molecule has 0 bridgehead atoms. The van der Waals surface area contributed by atoms with E-state index in [1.54, 1.807) is 20.8 Å². The van der Waals surface area contributed by atoms with Crippen LogP contribution in [0.2, 0.25) is 0 Å². The molecule has 0 spiro atoms. The molecule has 5 heteroatoms. The molecule has 0 aliphatic rings. The molecular formula is C8H13N3O2.